The molecule has 6 heteroatoms. The van der Waals surface area contributed by atoms with Crippen molar-refractivity contribution in [1.29, 1.82) is 0 Å². The van der Waals surface area contributed by atoms with Gasteiger partial charge in [-0.05, 0) is 37.8 Å². The highest BCUT2D eigenvalue weighted by Gasteiger charge is 2.25. The molecule has 2 rings (SSSR count). The fraction of sp³-hybridized carbons (Fsp3) is 0.478. The number of halogens is 1. The summed E-state index contributed by atoms with van der Waals surface area (Å²) >= 11 is 0. The Kier molecular flexibility index (Phi) is 8.88. The SMILES string of the molecule is Cc1ccc(F)c(CC(O)/C=C/[C@H]2CCCC(=O)N2CC#CCCCC(=O)O)c1. The van der Waals surface area contributed by atoms with Crippen molar-refractivity contribution in [3.8, 4) is 11.8 Å². The highest BCUT2D eigenvalue weighted by molar-refractivity contribution is 5.78. The van der Waals surface area contributed by atoms with Crippen molar-refractivity contribution >= 4 is 11.9 Å². The van der Waals surface area contributed by atoms with E-state index < -0.39 is 12.1 Å². The Labute approximate surface area is 171 Å². The number of likely N-dealkylation sites (tertiary alicyclic amines) is 1. The van der Waals surface area contributed by atoms with Gasteiger partial charge in [0.15, 0.2) is 0 Å². The molecular formula is C23H28FNO4. The number of carbonyl (C=O) groups is 2. The first-order valence-electron chi connectivity index (χ1n) is 9.95. The Bertz CT molecular complexity index is 809. The number of hydrogen-bond acceptors (Lipinski definition) is 3. The fourth-order valence-corrected chi connectivity index (χ4v) is 3.32. The number of piperidine rings is 1. The van der Waals surface area contributed by atoms with E-state index in [4.69, 9.17) is 5.11 Å². The number of carbonyl (C=O) groups excluding carboxylic acids is 1. The van der Waals surface area contributed by atoms with Crippen LogP contribution in [0.1, 0.15) is 49.7 Å². The molecule has 1 aromatic rings. The Balaban J connectivity index is 1.93. The van der Waals surface area contributed by atoms with Crippen LogP contribution in [0.2, 0.25) is 0 Å². The Morgan fingerprint density at radius 1 is 1.41 bits per heavy atom. The van der Waals surface area contributed by atoms with Crippen LogP contribution >= 0.6 is 0 Å². The Morgan fingerprint density at radius 2 is 2.21 bits per heavy atom. The highest BCUT2D eigenvalue weighted by atomic mass is 19.1. The predicted molar refractivity (Wildman–Crippen MR) is 109 cm³/mol. The molecule has 1 amide bonds. The molecule has 1 aliphatic rings. The monoisotopic (exact) mass is 401 g/mol. The van der Waals surface area contributed by atoms with E-state index in [9.17, 15) is 19.1 Å². The first-order chi connectivity index (χ1) is 13.9. The lowest BCUT2D eigenvalue weighted by Gasteiger charge is -2.32. The van der Waals surface area contributed by atoms with Crippen LogP contribution in [0.4, 0.5) is 4.39 Å². The normalized spacial score (nSPS) is 17.8. The summed E-state index contributed by atoms with van der Waals surface area (Å²) in [6.45, 7) is 2.16. The molecule has 0 bridgehead atoms. The summed E-state index contributed by atoms with van der Waals surface area (Å²) in [7, 11) is 0. The van der Waals surface area contributed by atoms with Crippen molar-refractivity contribution in [3.63, 3.8) is 0 Å². The minimum absolute atomic E-state index is 0.0185. The summed E-state index contributed by atoms with van der Waals surface area (Å²) in [5, 5.41) is 18.9. The maximum absolute atomic E-state index is 13.9. The van der Waals surface area contributed by atoms with E-state index in [-0.39, 0.29) is 37.2 Å². The number of aliphatic hydroxyl groups is 1. The molecule has 156 valence electrons. The van der Waals surface area contributed by atoms with Gasteiger partial charge in [0.1, 0.15) is 5.82 Å². The zero-order valence-electron chi connectivity index (χ0n) is 16.7. The summed E-state index contributed by atoms with van der Waals surface area (Å²) in [6, 6.07) is 4.66. The number of unbranched alkanes of at least 4 members (excludes halogenated alkanes) is 1. The molecule has 0 aliphatic carbocycles. The predicted octanol–water partition coefficient (Wildman–Crippen LogP) is 3.23. The molecular weight excluding hydrogens is 373 g/mol. The smallest absolute Gasteiger partial charge is 0.303 e. The van der Waals surface area contributed by atoms with Gasteiger partial charge in [0, 0.05) is 25.7 Å². The second kappa shape index (κ2) is 11.4. The molecule has 0 saturated carbocycles. The van der Waals surface area contributed by atoms with Crippen molar-refractivity contribution in [3.05, 3.63) is 47.3 Å². The van der Waals surface area contributed by atoms with Gasteiger partial charge in [-0.15, -0.1) is 5.92 Å². The lowest BCUT2D eigenvalue weighted by atomic mass is 9.99. The Hall–Kier alpha value is -2.65. The van der Waals surface area contributed by atoms with E-state index in [1.807, 2.05) is 13.0 Å². The van der Waals surface area contributed by atoms with Crippen LogP contribution in [0.3, 0.4) is 0 Å². The third-order valence-electron chi connectivity index (χ3n) is 4.86. The summed E-state index contributed by atoms with van der Waals surface area (Å²) in [5.41, 5.74) is 1.40. The third-order valence-corrected chi connectivity index (χ3v) is 4.86. The van der Waals surface area contributed by atoms with Crippen LogP contribution in [0.15, 0.2) is 30.4 Å². The molecule has 1 heterocycles. The molecule has 0 aromatic heterocycles. The average Bonchev–Trinajstić information content (AvgIpc) is 2.67. The van der Waals surface area contributed by atoms with Crippen LogP contribution in [0.25, 0.3) is 0 Å². The lowest BCUT2D eigenvalue weighted by molar-refractivity contribution is -0.137. The van der Waals surface area contributed by atoms with Crippen LogP contribution < -0.4 is 0 Å². The number of rotatable bonds is 8. The van der Waals surface area contributed by atoms with Crippen LogP contribution in [-0.4, -0.2) is 45.7 Å². The number of aliphatic carboxylic acids is 1. The standard InChI is InChI=1S/C23H28FNO4/c1-17-10-13-21(24)18(15-17)16-20(26)12-11-19-7-6-8-22(27)25(19)14-5-3-2-4-9-23(28)29/h10-13,15,19-20,26H,2,4,6-9,14,16H2,1H3,(H,28,29)/b12-11+/t19-,20?/m1/s1. The van der Waals surface area contributed by atoms with Gasteiger partial charge in [-0.1, -0.05) is 35.8 Å². The van der Waals surface area contributed by atoms with Gasteiger partial charge in [0.2, 0.25) is 5.91 Å². The van der Waals surface area contributed by atoms with Gasteiger partial charge in [0.25, 0.3) is 0 Å². The zero-order chi connectivity index (χ0) is 21.2. The number of carboxylic acid groups (broad SMARTS) is 1. The number of carboxylic acids is 1. The van der Waals surface area contributed by atoms with Crippen molar-refractivity contribution in [2.75, 3.05) is 6.54 Å². The van der Waals surface area contributed by atoms with E-state index >= 15 is 0 Å². The number of aliphatic hydroxyl groups excluding tert-OH is 1. The third kappa shape index (κ3) is 7.71. The van der Waals surface area contributed by atoms with Gasteiger partial charge >= 0.3 is 5.97 Å². The average molecular weight is 401 g/mol. The summed E-state index contributed by atoms with van der Waals surface area (Å²) in [4.78, 5) is 24.4. The van der Waals surface area contributed by atoms with Crippen molar-refractivity contribution in [1.82, 2.24) is 4.90 Å². The molecule has 1 saturated heterocycles. The minimum atomic E-state index is -0.840. The molecule has 1 unspecified atom stereocenters. The fourth-order valence-electron chi connectivity index (χ4n) is 3.32. The molecule has 1 fully saturated rings. The van der Waals surface area contributed by atoms with Gasteiger partial charge in [-0.25, -0.2) is 4.39 Å². The van der Waals surface area contributed by atoms with Crippen molar-refractivity contribution < 1.29 is 24.2 Å². The lowest BCUT2D eigenvalue weighted by Crippen LogP contribution is -2.42. The molecule has 2 N–H and O–H groups in total. The van der Waals surface area contributed by atoms with Crippen LogP contribution in [0, 0.1) is 24.6 Å². The van der Waals surface area contributed by atoms with E-state index in [0.717, 1.165) is 18.4 Å². The van der Waals surface area contributed by atoms with Gasteiger partial charge in [0.05, 0.1) is 18.7 Å². The maximum atomic E-state index is 13.9. The summed E-state index contributed by atoms with van der Waals surface area (Å²) in [6.07, 6.45) is 5.86. The van der Waals surface area contributed by atoms with E-state index in [2.05, 4.69) is 11.8 Å². The number of hydrogen-bond donors (Lipinski definition) is 2. The highest BCUT2D eigenvalue weighted by Crippen LogP contribution is 2.20. The van der Waals surface area contributed by atoms with Gasteiger partial charge in [-0.3, -0.25) is 9.59 Å². The van der Waals surface area contributed by atoms with E-state index in [0.29, 0.717) is 24.8 Å². The zero-order valence-corrected chi connectivity index (χ0v) is 16.7. The first-order valence-corrected chi connectivity index (χ1v) is 9.95. The minimum Gasteiger partial charge on any atom is -0.481 e. The molecule has 0 radical (unpaired) electrons. The summed E-state index contributed by atoms with van der Waals surface area (Å²) < 4.78 is 13.9. The topological polar surface area (TPSA) is 77.8 Å². The van der Waals surface area contributed by atoms with Crippen LogP contribution in [-0.2, 0) is 16.0 Å². The number of aryl methyl sites for hydroxylation is 1. The molecule has 0 spiro atoms. The van der Waals surface area contributed by atoms with E-state index in [1.54, 1.807) is 23.1 Å². The second-order valence-electron chi connectivity index (χ2n) is 7.33. The van der Waals surface area contributed by atoms with Crippen molar-refractivity contribution in [2.24, 2.45) is 0 Å². The quantitative estimate of drug-likeness (QED) is 0.398. The largest absolute Gasteiger partial charge is 0.481 e. The molecule has 1 aliphatic heterocycles. The molecule has 2 atom stereocenters. The number of amides is 1. The molecule has 5 nitrogen and oxygen atoms in total. The van der Waals surface area contributed by atoms with Gasteiger partial charge in [-0.2, -0.15) is 0 Å². The Morgan fingerprint density at radius 3 is 2.97 bits per heavy atom. The molecule has 1 aromatic carbocycles. The number of benzene rings is 1. The summed E-state index contributed by atoms with van der Waals surface area (Å²) in [5.74, 6) is 4.70. The van der Waals surface area contributed by atoms with Crippen molar-refractivity contribution in [2.45, 2.75) is 64.0 Å². The van der Waals surface area contributed by atoms with Crippen LogP contribution in [0.5, 0.6) is 0 Å². The van der Waals surface area contributed by atoms with Gasteiger partial charge < -0.3 is 15.1 Å². The first kappa shape index (κ1) is 22.6. The number of nitrogens with zero attached hydrogens (tertiary/aromatic N) is 1. The molecule has 29 heavy (non-hydrogen) atoms. The second-order valence-corrected chi connectivity index (χ2v) is 7.33. The van der Waals surface area contributed by atoms with E-state index in [1.165, 1.54) is 6.07 Å². The maximum Gasteiger partial charge on any atom is 0.303 e.